The Morgan fingerprint density at radius 1 is 1.24 bits per heavy atom. The molecule has 0 amide bonds. The van der Waals surface area contributed by atoms with E-state index in [2.05, 4.69) is 34.9 Å². The number of rotatable bonds is 3. The average molecular weight is 392 g/mol. The second-order valence-corrected chi connectivity index (χ2v) is 7.75. The highest BCUT2D eigenvalue weighted by molar-refractivity contribution is 5.75. The molecule has 0 fully saturated rings. The smallest absolute Gasteiger partial charge is 0.117 e. The van der Waals surface area contributed by atoms with Crippen LogP contribution in [0.1, 0.15) is 42.5 Å². The molecule has 0 aliphatic carbocycles. The number of nitrogens with zero attached hydrogens (tertiary/aromatic N) is 1. The van der Waals surface area contributed by atoms with Crippen LogP contribution in [0.2, 0.25) is 0 Å². The summed E-state index contributed by atoms with van der Waals surface area (Å²) in [5.74, 6) is 6.61. The third-order valence-electron chi connectivity index (χ3n) is 5.62. The fourth-order valence-corrected chi connectivity index (χ4v) is 4.23. The van der Waals surface area contributed by atoms with Gasteiger partial charge in [-0.05, 0) is 61.2 Å². The lowest BCUT2D eigenvalue weighted by Crippen LogP contribution is -2.31. The molecule has 2 aromatic rings. The number of allylic oxidation sites excluding steroid dienone is 1. The van der Waals surface area contributed by atoms with Crippen molar-refractivity contribution < 1.29 is 5.11 Å². The average Bonchev–Trinajstić information content (AvgIpc) is 2.85. The second-order valence-electron chi connectivity index (χ2n) is 7.75. The molecule has 152 valence electrons. The Hall–Kier alpha value is -2.96. The van der Waals surface area contributed by atoms with E-state index in [1.165, 1.54) is 16.7 Å². The Morgan fingerprint density at radius 2 is 2.10 bits per heavy atom. The quantitative estimate of drug-likeness (QED) is 0.516. The molecule has 1 unspecified atom stereocenters. The van der Waals surface area contributed by atoms with Gasteiger partial charge in [0.15, 0.2) is 0 Å². The molecule has 0 radical (unpaired) electrons. The maximum absolute atomic E-state index is 9.86. The fourth-order valence-electron chi connectivity index (χ4n) is 4.23. The summed E-state index contributed by atoms with van der Waals surface area (Å²) in [7, 11) is 0. The Kier molecular flexibility index (Phi) is 5.47. The minimum Gasteiger partial charge on any atom is -0.508 e. The number of benzene rings is 2. The Balaban J connectivity index is 1.80. The predicted molar refractivity (Wildman–Crippen MR) is 119 cm³/mol. The summed E-state index contributed by atoms with van der Waals surface area (Å²) >= 11 is 0. The highest BCUT2D eigenvalue weighted by Gasteiger charge is 2.26. The summed E-state index contributed by atoms with van der Waals surface area (Å²) < 4.78 is 0. The molecule has 6 heteroatoms. The van der Waals surface area contributed by atoms with Gasteiger partial charge in [-0.3, -0.25) is 0 Å². The molecule has 2 heterocycles. The van der Waals surface area contributed by atoms with Crippen LogP contribution in [0.3, 0.4) is 0 Å². The van der Waals surface area contributed by atoms with E-state index >= 15 is 0 Å². The van der Waals surface area contributed by atoms with Gasteiger partial charge in [-0.1, -0.05) is 24.3 Å². The van der Waals surface area contributed by atoms with Crippen LogP contribution in [0, 0.1) is 0 Å². The van der Waals surface area contributed by atoms with E-state index in [9.17, 15) is 5.11 Å². The normalized spacial score (nSPS) is 21.1. The number of nitrogens with two attached hydrogens (primary N) is 2. The summed E-state index contributed by atoms with van der Waals surface area (Å²) in [5.41, 5.74) is 13.5. The van der Waals surface area contributed by atoms with Gasteiger partial charge in [0, 0.05) is 36.1 Å². The van der Waals surface area contributed by atoms with Crippen molar-refractivity contribution >= 4 is 17.0 Å². The lowest BCUT2D eigenvalue weighted by atomic mass is 9.91. The van der Waals surface area contributed by atoms with Crippen LogP contribution in [0.4, 0.5) is 5.69 Å². The van der Waals surface area contributed by atoms with Gasteiger partial charge in [0.1, 0.15) is 5.75 Å². The predicted octanol–water partition coefficient (Wildman–Crippen LogP) is 3.15. The number of hydrogen-bond acceptors (Lipinski definition) is 6. The zero-order chi connectivity index (χ0) is 20.4. The van der Waals surface area contributed by atoms with Crippen molar-refractivity contribution in [2.24, 2.45) is 11.6 Å². The molecule has 0 bridgehead atoms. The lowest BCUT2D eigenvalue weighted by Gasteiger charge is -2.23. The standard InChI is InChI=1S/C23H29N5O/c1-15(24)23-20-6-5-17(16-7-10-26-11-8-16)13-21(20)22(9-12-28(23)25)27-18-3-2-4-19(29)14-18/h2-7,13-14,22,26-27,29H,8-12,24-25H2,1H3/b23-15-. The third kappa shape index (κ3) is 4.09. The van der Waals surface area contributed by atoms with Gasteiger partial charge >= 0.3 is 0 Å². The summed E-state index contributed by atoms with van der Waals surface area (Å²) in [4.78, 5) is 0. The molecule has 2 aromatic carbocycles. The van der Waals surface area contributed by atoms with Crippen LogP contribution in [0.5, 0.6) is 5.75 Å². The minimum absolute atomic E-state index is 0.0527. The first-order valence-electron chi connectivity index (χ1n) is 10.1. The second kappa shape index (κ2) is 8.19. The highest BCUT2D eigenvalue weighted by atomic mass is 16.3. The number of nitrogens with one attached hydrogen (secondary N) is 2. The molecule has 0 saturated carbocycles. The van der Waals surface area contributed by atoms with Gasteiger partial charge < -0.3 is 26.5 Å². The van der Waals surface area contributed by atoms with Crippen LogP contribution in [-0.4, -0.2) is 29.7 Å². The van der Waals surface area contributed by atoms with Gasteiger partial charge in [0.25, 0.3) is 0 Å². The topological polar surface area (TPSA) is 99.6 Å². The summed E-state index contributed by atoms with van der Waals surface area (Å²) in [6.45, 7) is 4.47. The van der Waals surface area contributed by atoms with Crippen LogP contribution in [0.15, 0.2) is 54.2 Å². The van der Waals surface area contributed by atoms with Gasteiger partial charge in [-0.2, -0.15) is 0 Å². The van der Waals surface area contributed by atoms with Gasteiger partial charge in [0.05, 0.1) is 11.7 Å². The maximum atomic E-state index is 9.86. The van der Waals surface area contributed by atoms with Gasteiger partial charge in [-0.15, -0.1) is 0 Å². The van der Waals surface area contributed by atoms with E-state index in [4.69, 9.17) is 11.6 Å². The number of hydrogen-bond donors (Lipinski definition) is 5. The van der Waals surface area contributed by atoms with E-state index in [0.717, 1.165) is 42.9 Å². The fraction of sp³-hybridized carbons (Fsp3) is 0.304. The van der Waals surface area contributed by atoms with Gasteiger partial charge in [-0.25, -0.2) is 5.84 Å². The molecule has 7 N–H and O–H groups in total. The number of phenolic OH excluding ortho intramolecular Hbond substituents is 1. The zero-order valence-electron chi connectivity index (χ0n) is 16.8. The largest absolute Gasteiger partial charge is 0.508 e. The summed E-state index contributed by atoms with van der Waals surface area (Å²) in [5, 5.41) is 18.6. The highest BCUT2D eigenvalue weighted by Crippen LogP contribution is 2.37. The Labute approximate surface area is 171 Å². The van der Waals surface area contributed by atoms with Crippen molar-refractivity contribution in [3.05, 3.63) is 70.9 Å². The zero-order valence-corrected chi connectivity index (χ0v) is 16.8. The lowest BCUT2D eigenvalue weighted by molar-refractivity contribution is 0.402. The van der Waals surface area contributed by atoms with E-state index in [1.54, 1.807) is 17.1 Å². The van der Waals surface area contributed by atoms with Crippen molar-refractivity contribution in [3.63, 3.8) is 0 Å². The van der Waals surface area contributed by atoms with E-state index in [1.807, 2.05) is 19.1 Å². The Morgan fingerprint density at radius 3 is 2.83 bits per heavy atom. The van der Waals surface area contributed by atoms with Crippen molar-refractivity contribution in [2.75, 3.05) is 25.0 Å². The first kappa shape index (κ1) is 19.4. The van der Waals surface area contributed by atoms with E-state index in [0.29, 0.717) is 12.2 Å². The SMILES string of the molecule is C/C(N)=C1\c2ccc(C3=CCNCC3)cc2C(Nc2cccc(O)c2)CCN1N. The molecule has 0 aromatic heterocycles. The first-order chi connectivity index (χ1) is 14.0. The van der Waals surface area contributed by atoms with E-state index in [-0.39, 0.29) is 11.8 Å². The number of fused-ring (bicyclic) bond motifs is 1. The van der Waals surface area contributed by atoms with Crippen LogP contribution < -0.4 is 22.2 Å². The van der Waals surface area contributed by atoms with Crippen molar-refractivity contribution in [2.45, 2.75) is 25.8 Å². The summed E-state index contributed by atoms with van der Waals surface area (Å²) in [6.07, 6.45) is 4.10. The molecule has 0 spiro atoms. The van der Waals surface area contributed by atoms with Crippen LogP contribution in [0.25, 0.3) is 11.3 Å². The number of hydrazine groups is 1. The monoisotopic (exact) mass is 391 g/mol. The first-order valence-corrected chi connectivity index (χ1v) is 10.1. The van der Waals surface area contributed by atoms with Crippen LogP contribution in [-0.2, 0) is 0 Å². The molecule has 4 rings (SSSR count). The molecule has 6 nitrogen and oxygen atoms in total. The number of phenols is 1. The summed E-state index contributed by atoms with van der Waals surface area (Å²) in [6, 6.07) is 13.9. The molecule has 0 saturated heterocycles. The minimum atomic E-state index is 0.0527. The number of anilines is 1. The molecule has 2 aliphatic rings. The maximum Gasteiger partial charge on any atom is 0.117 e. The third-order valence-corrected chi connectivity index (χ3v) is 5.62. The van der Waals surface area contributed by atoms with E-state index < -0.39 is 0 Å². The van der Waals surface area contributed by atoms with Crippen molar-refractivity contribution in [1.82, 2.24) is 10.3 Å². The molecular formula is C23H29N5O. The number of aromatic hydroxyl groups is 1. The molecule has 2 aliphatic heterocycles. The Bertz CT molecular complexity index is 961. The van der Waals surface area contributed by atoms with Gasteiger partial charge in [0.2, 0.25) is 0 Å². The molecular weight excluding hydrogens is 362 g/mol. The van der Waals surface area contributed by atoms with Crippen molar-refractivity contribution in [1.29, 1.82) is 0 Å². The molecule has 29 heavy (non-hydrogen) atoms. The molecule has 1 atom stereocenters. The van der Waals surface area contributed by atoms with Crippen LogP contribution >= 0.6 is 0 Å². The van der Waals surface area contributed by atoms with Crippen molar-refractivity contribution in [3.8, 4) is 5.75 Å².